The lowest BCUT2D eigenvalue weighted by molar-refractivity contribution is -0.113. The fraction of sp³-hybridized carbons (Fsp3) is 0.462. The molecule has 100 valence electrons. The highest BCUT2D eigenvalue weighted by molar-refractivity contribution is 8.00. The van der Waals surface area contributed by atoms with Crippen LogP contribution >= 0.6 is 11.8 Å². The molecule has 1 amide bonds. The molecule has 0 aliphatic rings. The predicted molar refractivity (Wildman–Crippen MR) is 76.2 cm³/mol. The lowest BCUT2D eigenvalue weighted by atomic mass is 10.2. The summed E-state index contributed by atoms with van der Waals surface area (Å²) in [6.07, 6.45) is 0. The smallest absolute Gasteiger partial charge is 0.234 e. The van der Waals surface area contributed by atoms with E-state index < -0.39 is 5.82 Å². The molecule has 3 N–H and O–H groups in total. The molecule has 3 nitrogen and oxygen atoms in total. The molecule has 0 aliphatic carbocycles. The monoisotopic (exact) mass is 270 g/mol. The number of nitrogen functional groups attached to an aromatic ring is 1. The third-order valence-corrected chi connectivity index (χ3v) is 4.20. The Balaban J connectivity index is 2.50. The Kier molecular flexibility index (Phi) is 5.47. The molecule has 1 unspecified atom stereocenters. The summed E-state index contributed by atoms with van der Waals surface area (Å²) in [5.74, 6) is 0.369. The minimum Gasteiger partial charge on any atom is -0.397 e. The van der Waals surface area contributed by atoms with E-state index in [9.17, 15) is 9.18 Å². The second kappa shape index (κ2) is 6.64. The highest BCUT2D eigenvalue weighted by Crippen LogP contribution is 2.21. The Hall–Kier alpha value is -1.23. The van der Waals surface area contributed by atoms with E-state index in [1.165, 1.54) is 18.2 Å². The Morgan fingerprint density at radius 3 is 2.67 bits per heavy atom. The van der Waals surface area contributed by atoms with Gasteiger partial charge in [0, 0.05) is 5.25 Å². The summed E-state index contributed by atoms with van der Waals surface area (Å²) < 4.78 is 12.8. The maximum absolute atomic E-state index is 12.8. The zero-order valence-corrected chi connectivity index (χ0v) is 11.7. The van der Waals surface area contributed by atoms with Crippen molar-refractivity contribution in [3.8, 4) is 0 Å². The summed E-state index contributed by atoms with van der Waals surface area (Å²) in [6.45, 7) is 6.33. The van der Waals surface area contributed by atoms with Gasteiger partial charge in [0.25, 0.3) is 0 Å². The van der Waals surface area contributed by atoms with E-state index in [1.54, 1.807) is 11.8 Å². The lowest BCUT2D eigenvalue weighted by Gasteiger charge is -2.15. The molecule has 18 heavy (non-hydrogen) atoms. The molecule has 1 atom stereocenters. The number of benzene rings is 1. The number of amides is 1. The number of hydrogen-bond donors (Lipinski definition) is 2. The van der Waals surface area contributed by atoms with E-state index in [1.807, 2.05) is 0 Å². The number of carbonyl (C=O) groups is 1. The van der Waals surface area contributed by atoms with Gasteiger partial charge in [0.15, 0.2) is 0 Å². The van der Waals surface area contributed by atoms with Crippen molar-refractivity contribution in [2.24, 2.45) is 5.92 Å². The van der Waals surface area contributed by atoms with E-state index in [2.05, 4.69) is 26.1 Å². The first-order valence-corrected chi connectivity index (χ1v) is 6.91. The molecule has 0 spiro atoms. The molecule has 0 saturated carbocycles. The molecule has 0 radical (unpaired) electrons. The van der Waals surface area contributed by atoms with Gasteiger partial charge in [-0.25, -0.2) is 4.39 Å². The van der Waals surface area contributed by atoms with Crippen molar-refractivity contribution in [3.05, 3.63) is 24.0 Å². The van der Waals surface area contributed by atoms with E-state index in [4.69, 9.17) is 5.73 Å². The van der Waals surface area contributed by atoms with Crippen LogP contribution in [0.4, 0.5) is 15.8 Å². The number of nitrogens with one attached hydrogen (secondary N) is 1. The molecule has 1 aromatic carbocycles. The van der Waals surface area contributed by atoms with Crippen LogP contribution in [0, 0.1) is 11.7 Å². The average molecular weight is 270 g/mol. The molecular formula is C13H19FN2OS. The van der Waals surface area contributed by atoms with Gasteiger partial charge in [-0.3, -0.25) is 4.79 Å². The van der Waals surface area contributed by atoms with E-state index in [-0.39, 0.29) is 11.6 Å². The van der Waals surface area contributed by atoms with Crippen molar-refractivity contribution < 1.29 is 9.18 Å². The Morgan fingerprint density at radius 1 is 1.44 bits per heavy atom. The van der Waals surface area contributed by atoms with Gasteiger partial charge in [-0.05, 0) is 24.1 Å². The van der Waals surface area contributed by atoms with Crippen LogP contribution in [-0.4, -0.2) is 16.9 Å². The Bertz CT molecular complexity index is 423. The zero-order chi connectivity index (χ0) is 13.7. The minimum absolute atomic E-state index is 0.120. The summed E-state index contributed by atoms with van der Waals surface area (Å²) in [5.41, 5.74) is 6.31. The van der Waals surface area contributed by atoms with E-state index >= 15 is 0 Å². The van der Waals surface area contributed by atoms with Gasteiger partial charge in [-0.1, -0.05) is 20.8 Å². The molecule has 0 saturated heterocycles. The number of nitrogens with two attached hydrogens (primary N) is 1. The fourth-order valence-electron chi connectivity index (χ4n) is 1.23. The maximum atomic E-state index is 12.8. The Labute approximate surface area is 111 Å². The number of thioether (sulfide) groups is 1. The molecular weight excluding hydrogens is 251 g/mol. The number of halogens is 1. The maximum Gasteiger partial charge on any atom is 0.234 e. The number of rotatable bonds is 5. The zero-order valence-electron chi connectivity index (χ0n) is 10.9. The molecule has 5 heteroatoms. The predicted octanol–water partition coefficient (Wildman–Crippen LogP) is 3.12. The van der Waals surface area contributed by atoms with Gasteiger partial charge < -0.3 is 11.1 Å². The Morgan fingerprint density at radius 2 is 2.11 bits per heavy atom. The van der Waals surface area contributed by atoms with Gasteiger partial charge in [-0.2, -0.15) is 0 Å². The third kappa shape index (κ3) is 4.56. The van der Waals surface area contributed by atoms with Gasteiger partial charge in [0.2, 0.25) is 5.91 Å². The summed E-state index contributed by atoms with van der Waals surface area (Å²) in [7, 11) is 0. The molecule has 1 aromatic rings. The summed E-state index contributed by atoms with van der Waals surface area (Å²) in [6, 6.07) is 3.94. The van der Waals surface area contributed by atoms with Crippen LogP contribution in [0.3, 0.4) is 0 Å². The van der Waals surface area contributed by atoms with Crippen LogP contribution < -0.4 is 11.1 Å². The summed E-state index contributed by atoms with van der Waals surface area (Å²) in [4.78, 5) is 11.7. The number of hydrogen-bond acceptors (Lipinski definition) is 3. The number of carbonyl (C=O) groups excluding carboxylic acids is 1. The molecule has 1 rings (SSSR count). The van der Waals surface area contributed by atoms with Crippen LogP contribution in [-0.2, 0) is 4.79 Å². The molecule has 0 fully saturated rings. The van der Waals surface area contributed by atoms with Crippen LogP contribution in [0.25, 0.3) is 0 Å². The van der Waals surface area contributed by atoms with Crippen molar-refractivity contribution in [2.75, 3.05) is 16.8 Å². The van der Waals surface area contributed by atoms with Crippen molar-refractivity contribution >= 4 is 29.0 Å². The van der Waals surface area contributed by atoms with Gasteiger partial charge in [0.05, 0.1) is 17.1 Å². The summed E-state index contributed by atoms with van der Waals surface area (Å²) >= 11 is 1.59. The topological polar surface area (TPSA) is 55.1 Å². The standard InChI is InChI=1S/C13H19FN2OS/c1-8(2)9(3)18-7-13(17)16-12-5-4-10(14)6-11(12)15/h4-6,8-9H,7,15H2,1-3H3,(H,16,17). The van der Waals surface area contributed by atoms with Crippen LogP contribution in [0.2, 0.25) is 0 Å². The molecule has 0 aliphatic heterocycles. The van der Waals surface area contributed by atoms with Gasteiger partial charge in [-0.15, -0.1) is 11.8 Å². The second-order valence-corrected chi connectivity index (χ2v) is 5.91. The van der Waals surface area contributed by atoms with Crippen LogP contribution in [0.15, 0.2) is 18.2 Å². The van der Waals surface area contributed by atoms with Gasteiger partial charge >= 0.3 is 0 Å². The first kappa shape index (κ1) is 14.8. The second-order valence-electron chi connectivity index (χ2n) is 4.54. The quantitative estimate of drug-likeness (QED) is 0.808. The van der Waals surface area contributed by atoms with Crippen molar-refractivity contribution in [2.45, 2.75) is 26.0 Å². The molecule has 0 aromatic heterocycles. The normalized spacial score (nSPS) is 12.5. The highest BCUT2D eigenvalue weighted by atomic mass is 32.2. The lowest BCUT2D eigenvalue weighted by Crippen LogP contribution is -2.18. The van der Waals surface area contributed by atoms with Gasteiger partial charge in [0.1, 0.15) is 5.82 Å². The van der Waals surface area contributed by atoms with E-state index in [0.29, 0.717) is 22.6 Å². The van der Waals surface area contributed by atoms with Crippen molar-refractivity contribution in [1.82, 2.24) is 0 Å². The SMILES string of the molecule is CC(C)C(C)SCC(=O)Nc1ccc(F)cc1N. The van der Waals surface area contributed by atoms with Crippen LogP contribution in [0.1, 0.15) is 20.8 Å². The average Bonchev–Trinajstić information content (AvgIpc) is 2.29. The van der Waals surface area contributed by atoms with Crippen LogP contribution in [0.5, 0.6) is 0 Å². The molecule has 0 bridgehead atoms. The number of anilines is 2. The first-order valence-electron chi connectivity index (χ1n) is 5.86. The van der Waals surface area contributed by atoms with Crippen molar-refractivity contribution in [3.63, 3.8) is 0 Å². The first-order chi connectivity index (χ1) is 8.40. The van der Waals surface area contributed by atoms with Crippen molar-refractivity contribution in [1.29, 1.82) is 0 Å². The third-order valence-electron chi connectivity index (χ3n) is 2.70. The molecule has 0 heterocycles. The summed E-state index contributed by atoms with van der Waals surface area (Å²) in [5, 5.41) is 3.10. The van der Waals surface area contributed by atoms with E-state index in [0.717, 1.165) is 0 Å². The largest absolute Gasteiger partial charge is 0.397 e. The fourth-order valence-corrected chi connectivity index (χ4v) is 2.10. The minimum atomic E-state index is -0.409. The highest BCUT2D eigenvalue weighted by Gasteiger charge is 2.11.